The summed E-state index contributed by atoms with van der Waals surface area (Å²) in [4.78, 5) is 107. The molecule has 1 rings (SSSR count). The first-order valence-electron chi connectivity index (χ1n) is 17.1. The van der Waals surface area contributed by atoms with Crippen LogP contribution in [0.5, 0.6) is 0 Å². The van der Waals surface area contributed by atoms with Gasteiger partial charge in [-0.25, -0.2) is 4.79 Å². The van der Waals surface area contributed by atoms with Gasteiger partial charge in [0.05, 0.1) is 18.9 Å². The Balaban J connectivity index is 3.17. The second kappa shape index (κ2) is 22.7. The number of amides is 6. The fourth-order valence-electron chi connectivity index (χ4n) is 5.51. The van der Waals surface area contributed by atoms with E-state index in [9.17, 15) is 48.6 Å². The molecular weight excluding hydrogens is 686 g/mol. The van der Waals surface area contributed by atoms with Gasteiger partial charge in [-0.3, -0.25) is 38.6 Å². The highest BCUT2D eigenvalue weighted by atomic mass is 16.4. The molecule has 0 aromatic heterocycles. The van der Waals surface area contributed by atoms with E-state index in [2.05, 4.69) is 26.3 Å². The largest absolute Gasteiger partial charge is 0.481 e. The number of carboxylic acid groups (broad SMARTS) is 2. The first kappa shape index (κ1) is 45.0. The molecule has 16 N–H and O–H groups in total. The molecule has 0 unspecified atom stereocenters. The van der Waals surface area contributed by atoms with Crippen LogP contribution in [0, 0.1) is 5.92 Å². The topological polar surface area (TPSA) is 371 Å². The van der Waals surface area contributed by atoms with Gasteiger partial charge in [0.25, 0.3) is 0 Å². The number of guanidine groups is 1. The van der Waals surface area contributed by atoms with Crippen LogP contribution in [0.25, 0.3) is 0 Å². The number of primary amides is 1. The number of nitrogens with zero attached hydrogens (tertiary/aromatic N) is 2. The third-order valence-electron chi connectivity index (χ3n) is 8.07. The fraction of sp³-hybridized carbons (Fsp3) is 0.710. The Morgan fingerprint density at radius 1 is 0.788 bits per heavy atom. The lowest BCUT2D eigenvalue weighted by Gasteiger charge is -2.30. The minimum Gasteiger partial charge on any atom is -0.481 e. The van der Waals surface area contributed by atoms with Gasteiger partial charge in [0.15, 0.2) is 5.96 Å². The van der Waals surface area contributed by atoms with E-state index in [0.717, 1.165) is 0 Å². The molecule has 52 heavy (non-hydrogen) atoms. The zero-order chi connectivity index (χ0) is 39.5. The van der Waals surface area contributed by atoms with Crippen molar-refractivity contribution in [1.29, 1.82) is 0 Å². The molecule has 21 nitrogen and oxygen atoms in total. The Hall–Kier alpha value is -5.05. The second-order valence-corrected chi connectivity index (χ2v) is 13.0. The number of likely N-dealkylation sites (tertiary alicyclic amines) is 1. The molecule has 1 heterocycles. The van der Waals surface area contributed by atoms with E-state index in [-0.39, 0.29) is 50.7 Å². The zero-order valence-corrected chi connectivity index (χ0v) is 29.7. The number of carbonyl (C=O) groups excluding carboxylic acids is 6. The summed E-state index contributed by atoms with van der Waals surface area (Å²) in [6.45, 7) is 4.33. The first-order valence-corrected chi connectivity index (χ1v) is 17.1. The number of aliphatic imine (C=N–C) groups is 1. The van der Waals surface area contributed by atoms with Crippen LogP contribution in [-0.2, 0) is 38.4 Å². The maximum atomic E-state index is 13.7. The number of nitrogens with one attached hydrogen (secondary N) is 4. The van der Waals surface area contributed by atoms with E-state index in [4.69, 9.17) is 28.7 Å². The normalized spacial score (nSPS) is 16.8. The van der Waals surface area contributed by atoms with Crippen LogP contribution in [0.2, 0.25) is 0 Å². The van der Waals surface area contributed by atoms with Gasteiger partial charge in [-0.2, -0.15) is 0 Å². The molecule has 0 saturated carbocycles. The predicted octanol–water partition coefficient (Wildman–Crippen LogP) is -4.09. The average molecular weight is 742 g/mol. The Labute approximate surface area is 301 Å². The molecule has 0 aliphatic carbocycles. The van der Waals surface area contributed by atoms with E-state index >= 15 is 0 Å². The third-order valence-corrected chi connectivity index (χ3v) is 8.07. The average Bonchev–Trinajstić information content (AvgIpc) is 3.54. The Morgan fingerprint density at radius 3 is 1.90 bits per heavy atom. The number of hydrogen-bond acceptors (Lipinski definition) is 11. The van der Waals surface area contributed by atoms with Crippen LogP contribution in [0.3, 0.4) is 0 Å². The van der Waals surface area contributed by atoms with Crippen molar-refractivity contribution in [1.82, 2.24) is 26.2 Å². The van der Waals surface area contributed by atoms with E-state index in [1.54, 1.807) is 0 Å². The lowest BCUT2D eigenvalue weighted by molar-refractivity contribution is -0.144. The van der Waals surface area contributed by atoms with Crippen molar-refractivity contribution in [2.45, 2.75) is 114 Å². The summed E-state index contributed by atoms with van der Waals surface area (Å²) in [5.74, 6) is -8.40. The molecule has 1 aliphatic heterocycles. The molecule has 294 valence electrons. The van der Waals surface area contributed by atoms with Gasteiger partial charge in [-0.15, -0.1) is 0 Å². The highest BCUT2D eigenvalue weighted by Gasteiger charge is 2.40. The minimum absolute atomic E-state index is 0.0556. The van der Waals surface area contributed by atoms with Crippen LogP contribution >= 0.6 is 0 Å². The molecule has 21 heteroatoms. The second-order valence-electron chi connectivity index (χ2n) is 13.0. The lowest BCUT2D eigenvalue weighted by atomic mass is 10.0. The maximum Gasteiger partial charge on any atom is 0.326 e. The molecule has 1 fully saturated rings. The number of unbranched alkanes of at least 4 members (excludes halogenated alkanes) is 1. The third kappa shape index (κ3) is 16.3. The van der Waals surface area contributed by atoms with Gasteiger partial charge in [0, 0.05) is 13.1 Å². The number of hydrogen-bond donors (Lipinski definition) is 11. The summed E-state index contributed by atoms with van der Waals surface area (Å²) in [5.41, 5.74) is 27.4. The molecule has 0 spiro atoms. The van der Waals surface area contributed by atoms with Crippen LogP contribution in [-0.4, -0.2) is 124 Å². The molecule has 0 radical (unpaired) electrons. The summed E-state index contributed by atoms with van der Waals surface area (Å²) in [6, 6.07) is -8.07. The van der Waals surface area contributed by atoms with Crippen molar-refractivity contribution in [2.75, 3.05) is 19.6 Å². The van der Waals surface area contributed by atoms with Crippen molar-refractivity contribution in [3.05, 3.63) is 0 Å². The Bertz CT molecular complexity index is 1310. The highest BCUT2D eigenvalue weighted by Crippen LogP contribution is 2.21. The van der Waals surface area contributed by atoms with Gasteiger partial charge in [-0.1, -0.05) is 13.8 Å². The van der Waals surface area contributed by atoms with Crippen LogP contribution < -0.4 is 49.9 Å². The molecule has 6 atom stereocenters. The van der Waals surface area contributed by atoms with E-state index in [1.807, 2.05) is 13.8 Å². The van der Waals surface area contributed by atoms with Crippen LogP contribution in [0.15, 0.2) is 4.99 Å². The van der Waals surface area contributed by atoms with Crippen molar-refractivity contribution < 1.29 is 48.6 Å². The minimum atomic E-state index is -1.80. The van der Waals surface area contributed by atoms with Gasteiger partial charge >= 0.3 is 11.9 Å². The van der Waals surface area contributed by atoms with Crippen molar-refractivity contribution in [2.24, 2.45) is 39.6 Å². The Kier molecular flexibility index (Phi) is 19.6. The van der Waals surface area contributed by atoms with Gasteiger partial charge in [-0.05, 0) is 63.8 Å². The SMILES string of the molecule is CC(C)C[C@H](N)C(=O)N[C@@H](CCCCN)C(=O)N1CCC[C@H]1C(=O)N[C@@H](CC(=O)O)C(=O)N[C@@H](CC(N)=O)C(=O)N[C@@H](CCCN=C(N)N)C(=O)O. The van der Waals surface area contributed by atoms with Gasteiger partial charge < -0.3 is 65.0 Å². The zero-order valence-electron chi connectivity index (χ0n) is 29.7. The number of carboxylic acids is 2. The smallest absolute Gasteiger partial charge is 0.326 e. The van der Waals surface area contributed by atoms with Crippen molar-refractivity contribution in [3.63, 3.8) is 0 Å². The highest BCUT2D eigenvalue weighted by molar-refractivity contribution is 5.98. The number of nitrogens with two attached hydrogens (primary N) is 5. The fourth-order valence-corrected chi connectivity index (χ4v) is 5.51. The predicted molar refractivity (Wildman–Crippen MR) is 186 cm³/mol. The monoisotopic (exact) mass is 741 g/mol. The number of rotatable bonds is 24. The summed E-state index contributed by atoms with van der Waals surface area (Å²) in [6.07, 6.45) is 0.435. The summed E-state index contributed by atoms with van der Waals surface area (Å²) in [5, 5.41) is 28.5. The van der Waals surface area contributed by atoms with Crippen molar-refractivity contribution in [3.8, 4) is 0 Å². The standard InChI is InChI=1S/C31H55N11O10/c1-16(2)13-17(33)25(46)38-18(7-3-4-10-32)29(50)42-12-6-9-22(42)28(49)41-21(15-24(44)45)27(48)40-20(14-23(34)43)26(47)39-19(30(51)52)8-5-11-37-31(35)36/h16-22H,3-15,32-33H2,1-2H3,(H2,34,43)(H,38,46)(H,39,47)(H,40,48)(H,41,49)(H,44,45)(H,51,52)(H4,35,36,37)/t17-,18-,19-,20-,21-,22-/m0/s1. The molecule has 0 aromatic rings. The molecular formula is C31H55N11O10. The van der Waals surface area contributed by atoms with Crippen molar-refractivity contribution >= 4 is 53.3 Å². The molecule has 1 aliphatic rings. The van der Waals surface area contributed by atoms with Gasteiger partial charge in [0.1, 0.15) is 30.2 Å². The van der Waals surface area contributed by atoms with Crippen LogP contribution in [0.4, 0.5) is 0 Å². The quantitative estimate of drug-likeness (QED) is 0.0255. The molecule has 1 saturated heterocycles. The number of aliphatic carboxylic acids is 2. The summed E-state index contributed by atoms with van der Waals surface area (Å²) >= 11 is 0. The van der Waals surface area contributed by atoms with Crippen LogP contribution in [0.1, 0.15) is 78.1 Å². The molecule has 0 bridgehead atoms. The Morgan fingerprint density at radius 2 is 1.37 bits per heavy atom. The summed E-state index contributed by atoms with van der Waals surface area (Å²) in [7, 11) is 0. The van der Waals surface area contributed by atoms with Gasteiger partial charge in [0.2, 0.25) is 35.4 Å². The summed E-state index contributed by atoms with van der Waals surface area (Å²) < 4.78 is 0. The molecule has 6 amide bonds. The number of carbonyl (C=O) groups is 8. The molecule has 0 aromatic carbocycles. The van der Waals surface area contributed by atoms with E-state index in [1.165, 1.54) is 4.90 Å². The lowest BCUT2D eigenvalue weighted by Crippen LogP contribution is -2.59. The maximum absolute atomic E-state index is 13.7. The first-order chi connectivity index (χ1) is 24.4. The van der Waals surface area contributed by atoms with E-state index < -0.39 is 96.5 Å². The van der Waals surface area contributed by atoms with E-state index in [0.29, 0.717) is 32.2 Å².